The van der Waals surface area contributed by atoms with E-state index in [-0.39, 0.29) is 24.1 Å². The monoisotopic (exact) mass is 367 g/mol. The number of carbonyl (C=O) groups is 2. The van der Waals surface area contributed by atoms with Crippen LogP contribution in [0.25, 0.3) is 0 Å². The molecule has 1 spiro atoms. The number of halogens is 1. The molecule has 1 saturated heterocycles. The van der Waals surface area contributed by atoms with Crippen LogP contribution in [-0.2, 0) is 11.2 Å². The fourth-order valence-corrected chi connectivity index (χ4v) is 3.81. The van der Waals surface area contributed by atoms with Crippen molar-refractivity contribution in [2.75, 3.05) is 18.4 Å². The Bertz CT molecular complexity index is 887. The molecule has 0 aromatic heterocycles. The minimum atomic E-state index is -0.508. The molecule has 140 valence electrons. The molecule has 2 aromatic rings. The van der Waals surface area contributed by atoms with Crippen molar-refractivity contribution in [3.8, 4) is 0 Å². The molecule has 2 aliphatic rings. The molecule has 2 aromatic carbocycles. The van der Waals surface area contributed by atoms with E-state index in [2.05, 4.69) is 10.6 Å². The first-order valence-electron chi connectivity index (χ1n) is 9.18. The Hall–Kier alpha value is -2.89. The average Bonchev–Trinajstić information content (AvgIpc) is 2.65. The Labute approximate surface area is 157 Å². The van der Waals surface area contributed by atoms with Crippen LogP contribution in [-0.4, -0.2) is 35.5 Å². The van der Waals surface area contributed by atoms with Gasteiger partial charge < -0.3 is 15.5 Å². The van der Waals surface area contributed by atoms with Gasteiger partial charge in [-0.3, -0.25) is 9.59 Å². The molecule has 0 aliphatic carbocycles. The first-order chi connectivity index (χ1) is 12.9. The van der Waals surface area contributed by atoms with Gasteiger partial charge >= 0.3 is 0 Å². The van der Waals surface area contributed by atoms with Crippen LogP contribution in [0.5, 0.6) is 0 Å². The Morgan fingerprint density at radius 2 is 1.81 bits per heavy atom. The van der Waals surface area contributed by atoms with E-state index in [1.807, 2.05) is 30.0 Å². The lowest BCUT2D eigenvalue weighted by Gasteiger charge is -2.46. The summed E-state index contributed by atoms with van der Waals surface area (Å²) in [4.78, 5) is 26.9. The van der Waals surface area contributed by atoms with Crippen molar-refractivity contribution < 1.29 is 14.0 Å². The van der Waals surface area contributed by atoms with Crippen molar-refractivity contribution in [1.82, 2.24) is 10.2 Å². The maximum Gasteiger partial charge on any atom is 0.255 e. The van der Waals surface area contributed by atoms with Crippen molar-refractivity contribution in [2.24, 2.45) is 0 Å². The number of amides is 2. The minimum absolute atomic E-state index is 0.0228. The van der Waals surface area contributed by atoms with E-state index in [1.165, 1.54) is 12.1 Å². The molecule has 2 heterocycles. The standard InChI is InChI=1S/C21H22FN3O2/c1-14-2-7-18-17(12-14)20(27)24-21(23-18)8-10-25(11-9-21)19(26)13-15-3-5-16(22)6-4-15/h2-7,12,23H,8-11,13H2,1H3,(H,24,27). The largest absolute Gasteiger partial charge is 0.362 e. The predicted octanol–water partition coefficient (Wildman–Crippen LogP) is 2.85. The number of hydrogen-bond donors (Lipinski definition) is 2. The summed E-state index contributed by atoms with van der Waals surface area (Å²) in [5, 5.41) is 6.57. The fraction of sp³-hybridized carbons (Fsp3) is 0.333. The summed E-state index contributed by atoms with van der Waals surface area (Å²) < 4.78 is 13.0. The lowest BCUT2D eigenvalue weighted by molar-refractivity contribution is -0.132. The zero-order valence-corrected chi connectivity index (χ0v) is 15.2. The summed E-state index contributed by atoms with van der Waals surface area (Å²) >= 11 is 0. The second kappa shape index (κ2) is 6.68. The SMILES string of the molecule is Cc1ccc2c(c1)C(=O)NC1(CCN(C(=O)Cc3ccc(F)cc3)CC1)N2. The molecule has 6 heteroatoms. The molecule has 0 atom stereocenters. The number of nitrogens with zero attached hydrogens (tertiary/aromatic N) is 1. The van der Waals surface area contributed by atoms with Crippen molar-refractivity contribution in [2.45, 2.75) is 31.8 Å². The highest BCUT2D eigenvalue weighted by Crippen LogP contribution is 2.32. The number of nitrogens with one attached hydrogen (secondary N) is 2. The molecule has 2 aliphatic heterocycles. The van der Waals surface area contributed by atoms with Crippen molar-refractivity contribution >= 4 is 17.5 Å². The van der Waals surface area contributed by atoms with Crippen LogP contribution in [0.4, 0.5) is 10.1 Å². The number of fused-ring (bicyclic) bond motifs is 1. The highest BCUT2D eigenvalue weighted by Gasteiger charge is 2.40. The van der Waals surface area contributed by atoms with Gasteiger partial charge in [0.05, 0.1) is 12.0 Å². The molecule has 0 saturated carbocycles. The number of anilines is 1. The van der Waals surface area contributed by atoms with Crippen LogP contribution in [0.3, 0.4) is 0 Å². The number of rotatable bonds is 2. The summed E-state index contributed by atoms with van der Waals surface area (Å²) in [5.41, 5.74) is 2.84. The van der Waals surface area contributed by atoms with Crippen LogP contribution in [0.2, 0.25) is 0 Å². The molecular formula is C21H22FN3O2. The maximum atomic E-state index is 13.0. The first kappa shape index (κ1) is 17.5. The van der Waals surface area contributed by atoms with Crippen LogP contribution in [0.1, 0.15) is 34.3 Å². The Balaban J connectivity index is 1.41. The van der Waals surface area contributed by atoms with Crippen LogP contribution in [0.15, 0.2) is 42.5 Å². The van der Waals surface area contributed by atoms with E-state index < -0.39 is 5.66 Å². The third kappa shape index (κ3) is 3.52. The van der Waals surface area contributed by atoms with Gasteiger partial charge in [0.25, 0.3) is 5.91 Å². The second-order valence-electron chi connectivity index (χ2n) is 7.39. The van der Waals surface area contributed by atoms with Gasteiger partial charge in [-0.1, -0.05) is 23.8 Å². The van der Waals surface area contributed by atoms with E-state index in [0.717, 1.165) is 16.8 Å². The molecule has 27 heavy (non-hydrogen) atoms. The van der Waals surface area contributed by atoms with Crippen molar-refractivity contribution in [3.63, 3.8) is 0 Å². The zero-order valence-electron chi connectivity index (χ0n) is 15.2. The third-order valence-corrected chi connectivity index (χ3v) is 5.38. The zero-order chi connectivity index (χ0) is 19.0. The van der Waals surface area contributed by atoms with Crippen molar-refractivity contribution in [3.05, 3.63) is 65.0 Å². The predicted molar refractivity (Wildman–Crippen MR) is 101 cm³/mol. The fourth-order valence-electron chi connectivity index (χ4n) is 3.81. The van der Waals surface area contributed by atoms with E-state index >= 15 is 0 Å². The number of aryl methyl sites for hydroxylation is 1. The topological polar surface area (TPSA) is 61.4 Å². The summed E-state index contributed by atoms with van der Waals surface area (Å²) in [6.45, 7) is 3.09. The lowest BCUT2D eigenvalue weighted by atomic mass is 9.91. The van der Waals surface area contributed by atoms with Gasteiger partial charge in [0, 0.05) is 31.6 Å². The number of likely N-dealkylation sites (tertiary alicyclic amines) is 1. The number of hydrogen-bond acceptors (Lipinski definition) is 3. The Morgan fingerprint density at radius 3 is 2.52 bits per heavy atom. The number of carbonyl (C=O) groups excluding carboxylic acids is 2. The average molecular weight is 367 g/mol. The molecule has 1 fully saturated rings. The van der Waals surface area contributed by atoms with Gasteiger partial charge in [-0.2, -0.15) is 0 Å². The summed E-state index contributed by atoms with van der Waals surface area (Å²) in [6, 6.07) is 11.8. The van der Waals surface area contributed by atoms with Gasteiger partial charge in [0.2, 0.25) is 5.91 Å². The van der Waals surface area contributed by atoms with Gasteiger partial charge in [-0.05, 0) is 36.8 Å². The Kier molecular flexibility index (Phi) is 4.34. The number of benzene rings is 2. The first-order valence-corrected chi connectivity index (χ1v) is 9.18. The molecule has 0 radical (unpaired) electrons. The Morgan fingerprint density at radius 1 is 1.11 bits per heavy atom. The maximum absolute atomic E-state index is 13.0. The van der Waals surface area contributed by atoms with Crippen LogP contribution < -0.4 is 10.6 Å². The van der Waals surface area contributed by atoms with Crippen LogP contribution in [0, 0.1) is 12.7 Å². The summed E-state index contributed by atoms with van der Waals surface area (Å²) in [5.74, 6) is -0.353. The van der Waals surface area contributed by atoms with Crippen LogP contribution >= 0.6 is 0 Å². The quantitative estimate of drug-likeness (QED) is 0.858. The molecule has 2 amide bonds. The van der Waals surface area contributed by atoms with E-state index in [4.69, 9.17) is 0 Å². The third-order valence-electron chi connectivity index (χ3n) is 5.38. The molecule has 0 bridgehead atoms. The number of piperidine rings is 1. The van der Waals surface area contributed by atoms with E-state index in [0.29, 0.717) is 31.5 Å². The van der Waals surface area contributed by atoms with E-state index in [9.17, 15) is 14.0 Å². The van der Waals surface area contributed by atoms with Gasteiger partial charge in [0.15, 0.2) is 0 Å². The normalized spacial score (nSPS) is 17.9. The molecule has 4 rings (SSSR count). The van der Waals surface area contributed by atoms with Gasteiger partial charge in [0.1, 0.15) is 11.5 Å². The highest BCUT2D eigenvalue weighted by molar-refractivity contribution is 6.02. The van der Waals surface area contributed by atoms with Gasteiger partial charge in [-0.15, -0.1) is 0 Å². The summed E-state index contributed by atoms with van der Waals surface area (Å²) in [6.07, 6.45) is 1.54. The van der Waals surface area contributed by atoms with Crippen molar-refractivity contribution in [1.29, 1.82) is 0 Å². The highest BCUT2D eigenvalue weighted by atomic mass is 19.1. The van der Waals surface area contributed by atoms with Gasteiger partial charge in [-0.25, -0.2) is 4.39 Å². The summed E-state index contributed by atoms with van der Waals surface area (Å²) in [7, 11) is 0. The molecule has 0 unspecified atom stereocenters. The minimum Gasteiger partial charge on any atom is -0.362 e. The molecule has 5 nitrogen and oxygen atoms in total. The smallest absolute Gasteiger partial charge is 0.255 e. The molecular weight excluding hydrogens is 345 g/mol. The second-order valence-corrected chi connectivity index (χ2v) is 7.39. The molecule has 2 N–H and O–H groups in total. The lowest BCUT2D eigenvalue weighted by Crippen LogP contribution is -2.62. The van der Waals surface area contributed by atoms with E-state index in [1.54, 1.807) is 12.1 Å².